The van der Waals surface area contributed by atoms with Gasteiger partial charge in [-0.25, -0.2) is 8.78 Å². The molecule has 0 spiro atoms. The summed E-state index contributed by atoms with van der Waals surface area (Å²) in [5.74, 6) is -2.90. The van der Waals surface area contributed by atoms with Crippen LogP contribution in [0.5, 0.6) is 11.5 Å². The summed E-state index contributed by atoms with van der Waals surface area (Å²) in [6.07, 6.45) is -4.86. The molecule has 0 aliphatic rings. The van der Waals surface area contributed by atoms with E-state index in [9.17, 15) is 22.0 Å². The average molecular weight is 289 g/mol. The lowest BCUT2D eigenvalue weighted by Crippen LogP contribution is -2.08. The fraction of sp³-hybridized carbons (Fsp3) is 0.0769. The number of benzene rings is 2. The zero-order chi connectivity index (χ0) is 14.9. The van der Waals surface area contributed by atoms with Crippen LogP contribution >= 0.6 is 0 Å². The van der Waals surface area contributed by atoms with Gasteiger partial charge in [0.15, 0.2) is 11.6 Å². The first-order chi connectivity index (χ1) is 9.27. The summed E-state index contributed by atoms with van der Waals surface area (Å²) >= 11 is 0. The molecular weight excluding hydrogens is 281 g/mol. The van der Waals surface area contributed by atoms with Crippen LogP contribution in [0.2, 0.25) is 0 Å². The molecule has 0 atom stereocenters. The first-order valence-corrected chi connectivity index (χ1v) is 5.37. The number of hydrogen-bond donors (Lipinski definition) is 1. The Morgan fingerprint density at radius 2 is 1.60 bits per heavy atom. The smallest absolute Gasteiger partial charge is 0.419 e. The largest absolute Gasteiger partial charge is 0.454 e. The van der Waals surface area contributed by atoms with Gasteiger partial charge in [-0.3, -0.25) is 0 Å². The zero-order valence-corrected chi connectivity index (χ0v) is 9.84. The van der Waals surface area contributed by atoms with Gasteiger partial charge in [-0.1, -0.05) is 0 Å². The zero-order valence-electron chi connectivity index (χ0n) is 9.84. The number of halogens is 5. The number of ether oxygens (including phenoxy) is 1. The highest BCUT2D eigenvalue weighted by Gasteiger charge is 2.34. The molecule has 2 N–H and O–H groups in total. The lowest BCUT2D eigenvalue weighted by molar-refractivity contribution is -0.140. The standard InChI is InChI=1S/C13H8F5NO/c14-10-3-2-8(6-9(10)13(16,17)18)20-12-4-1-7(19)5-11(12)15/h1-6H,19H2. The predicted octanol–water partition coefficient (Wildman–Crippen LogP) is 4.36. The van der Waals surface area contributed by atoms with Crippen molar-refractivity contribution in [2.24, 2.45) is 0 Å². The van der Waals surface area contributed by atoms with E-state index in [2.05, 4.69) is 0 Å². The number of rotatable bonds is 2. The third kappa shape index (κ3) is 2.98. The first-order valence-electron chi connectivity index (χ1n) is 5.37. The van der Waals surface area contributed by atoms with E-state index in [-0.39, 0.29) is 17.2 Å². The maximum Gasteiger partial charge on any atom is 0.419 e. The molecule has 2 aromatic rings. The van der Waals surface area contributed by atoms with E-state index in [4.69, 9.17) is 10.5 Å². The van der Waals surface area contributed by atoms with Crippen LogP contribution in [0.3, 0.4) is 0 Å². The molecule has 0 saturated heterocycles. The Labute approximate surface area is 110 Å². The van der Waals surface area contributed by atoms with Gasteiger partial charge in [-0.2, -0.15) is 13.2 Å². The summed E-state index contributed by atoms with van der Waals surface area (Å²) in [5, 5.41) is 0. The summed E-state index contributed by atoms with van der Waals surface area (Å²) in [7, 11) is 0. The van der Waals surface area contributed by atoms with Gasteiger partial charge in [0.1, 0.15) is 11.6 Å². The summed E-state index contributed by atoms with van der Waals surface area (Å²) in [6.45, 7) is 0. The van der Waals surface area contributed by atoms with E-state index in [0.29, 0.717) is 12.1 Å². The molecule has 0 aliphatic carbocycles. The molecule has 7 heteroatoms. The van der Waals surface area contributed by atoms with Crippen molar-refractivity contribution in [3.05, 3.63) is 53.6 Å². The fourth-order valence-corrected chi connectivity index (χ4v) is 1.51. The highest BCUT2D eigenvalue weighted by atomic mass is 19.4. The Balaban J connectivity index is 2.35. The van der Waals surface area contributed by atoms with Crippen molar-refractivity contribution in [3.8, 4) is 11.5 Å². The Kier molecular flexibility index (Phi) is 3.52. The second-order valence-electron chi connectivity index (χ2n) is 3.93. The van der Waals surface area contributed by atoms with Crippen LogP contribution in [0, 0.1) is 11.6 Å². The van der Waals surface area contributed by atoms with E-state index in [1.54, 1.807) is 0 Å². The average Bonchev–Trinajstić information content (AvgIpc) is 2.33. The molecule has 0 bridgehead atoms. The molecule has 0 aromatic heterocycles. The molecule has 0 unspecified atom stereocenters. The van der Waals surface area contributed by atoms with Crippen LogP contribution in [0.1, 0.15) is 5.56 Å². The summed E-state index contributed by atoms with van der Waals surface area (Å²) in [6, 6.07) is 5.50. The SMILES string of the molecule is Nc1ccc(Oc2ccc(F)c(C(F)(F)F)c2)c(F)c1. The maximum absolute atomic E-state index is 13.4. The first kappa shape index (κ1) is 14.1. The lowest BCUT2D eigenvalue weighted by atomic mass is 10.2. The highest BCUT2D eigenvalue weighted by Crippen LogP contribution is 2.35. The number of alkyl halides is 3. The quantitative estimate of drug-likeness (QED) is 0.658. The van der Waals surface area contributed by atoms with Gasteiger partial charge < -0.3 is 10.5 Å². The number of nitrogen functional groups attached to an aromatic ring is 1. The van der Waals surface area contributed by atoms with Gasteiger partial charge in [0.05, 0.1) is 5.56 Å². The third-order valence-corrected chi connectivity index (χ3v) is 2.43. The minimum absolute atomic E-state index is 0.143. The molecular formula is C13H8F5NO. The van der Waals surface area contributed by atoms with Crippen molar-refractivity contribution in [3.63, 3.8) is 0 Å². The number of anilines is 1. The fourth-order valence-electron chi connectivity index (χ4n) is 1.51. The molecule has 20 heavy (non-hydrogen) atoms. The van der Waals surface area contributed by atoms with Crippen molar-refractivity contribution in [1.82, 2.24) is 0 Å². The van der Waals surface area contributed by atoms with Crippen molar-refractivity contribution < 1.29 is 26.7 Å². The van der Waals surface area contributed by atoms with Gasteiger partial charge in [0.25, 0.3) is 0 Å². The van der Waals surface area contributed by atoms with Gasteiger partial charge >= 0.3 is 6.18 Å². The molecule has 2 rings (SSSR count). The van der Waals surface area contributed by atoms with Crippen molar-refractivity contribution in [2.75, 3.05) is 5.73 Å². The summed E-state index contributed by atoms with van der Waals surface area (Å²) < 4.78 is 69.0. The van der Waals surface area contributed by atoms with E-state index in [1.165, 1.54) is 12.1 Å². The molecule has 0 saturated carbocycles. The molecule has 0 radical (unpaired) electrons. The van der Waals surface area contributed by atoms with Crippen LogP contribution in [0.4, 0.5) is 27.6 Å². The monoisotopic (exact) mass is 289 g/mol. The Morgan fingerprint density at radius 3 is 2.20 bits per heavy atom. The van der Waals surface area contributed by atoms with Crippen LogP contribution in [-0.4, -0.2) is 0 Å². The van der Waals surface area contributed by atoms with E-state index in [0.717, 1.165) is 12.1 Å². The van der Waals surface area contributed by atoms with E-state index < -0.39 is 23.4 Å². The Hall–Kier alpha value is -2.31. The molecule has 106 valence electrons. The van der Waals surface area contributed by atoms with Gasteiger partial charge in [-0.15, -0.1) is 0 Å². The number of hydrogen-bond acceptors (Lipinski definition) is 2. The predicted molar refractivity (Wildman–Crippen MR) is 62.3 cm³/mol. The second-order valence-corrected chi connectivity index (χ2v) is 3.93. The highest BCUT2D eigenvalue weighted by molar-refractivity contribution is 5.44. The van der Waals surface area contributed by atoms with Crippen molar-refractivity contribution in [2.45, 2.75) is 6.18 Å². The molecule has 0 amide bonds. The van der Waals surface area contributed by atoms with E-state index >= 15 is 0 Å². The minimum Gasteiger partial charge on any atom is -0.454 e. The van der Waals surface area contributed by atoms with E-state index in [1.807, 2.05) is 0 Å². The lowest BCUT2D eigenvalue weighted by Gasteiger charge is -2.11. The van der Waals surface area contributed by atoms with Crippen LogP contribution in [0.25, 0.3) is 0 Å². The summed E-state index contributed by atoms with van der Waals surface area (Å²) in [5.41, 5.74) is 3.99. The van der Waals surface area contributed by atoms with Gasteiger partial charge in [-0.05, 0) is 30.3 Å². The minimum atomic E-state index is -4.86. The third-order valence-electron chi connectivity index (χ3n) is 2.43. The topological polar surface area (TPSA) is 35.2 Å². The summed E-state index contributed by atoms with van der Waals surface area (Å²) in [4.78, 5) is 0. The molecule has 2 nitrogen and oxygen atoms in total. The van der Waals surface area contributed by atoms with Crippen LogP contribution in [-0.2, 0) is 6.18 Å². The molecule has 0 fully saturated rings. The van der Waals surface area contributed by atoms with Crippen LogP contribution < -0.4 is 10.5 Å². The number of nitrogens with two attached hydrogens (primary N) is 1. The van der Waals surface area contributed by atoms with Gasteiger partial charge in [0.2, 0.25) is 0 Å². The molecule has 0 aliphatic heterocycles. The van der Waals surface area contributed by atoms with Crippen LogP contribution in [0.15, 0.2) is 36.4 Å². The van der Waals surface area contributed by atoms with Gasteiger partial charge in [0, 0.05) is 11.8 Å². The normalized spacial score (nSPS) is 11.4. The Bertz CT molecular complexity index is 639. The molecule has 2 aromatic carbocycles. The maximum atomic E-state index is 13.4. The second kappa shape index (κ2) is 4.99. The Morgan fingerprint density at radius 1 is 0.900 bits per heavy atom. The van der Waals surface area contributed by atoms with Crippen molar-refractivity contribution >= 4 is 5.69 Å². The molecule has 0 heterocycles. The van der Waals surface area contributed by atoms with Crippen molar-refractivity contribution in [1.29, 1.82) is 0 Å².